The highest BCUT2D eigenvalue weighted by Crippen LogP contribution is 1.98. The molecule has 74 valence electrons. The molecular weight excluding hydrogens is 166 g/mol. The molecule has 0 radical (unpaired) electrons. The van der Waals surface area contributed by atoms with E-state index in [1.165, 1.54) is 12.8 Å². The van der Waals surface area contributed by atoms with E-state index in [2.05, 4.69) is 18.2 Å². The van der Waals surface area contributed by atoms with Gasteiger partial charge in [-0.3, -0.25) is 0 Å². The SMILES string of the molecule is C#CCNC(=O)OCCCCCC. The van der Waals surface area contributed by atoms with Crippen molar-refractivity contribution in [2.24, 2.45) is 0 Å². The fourth-order valence-corrected chi connectivity index (χ4v) is 0.868. The van der Waals surface area contributed by atoms with E-state index >= 15 is 0 Å². The van der Waals surface area contributed by atoms with Crippen LogP contribution in [-0.2, 0) is 4.74 Å². The lowest BCUT2D eigenvalue weighted by Crippen LogP contribution is -2.24. The minimum Gasteiger partial charge on any atom is -0.450 e. The molecule has 0 bridgehead atoms. The first-order valence-electron chi connectivity index (χ1n) is 4.65. The monoisotopic (exact) mass is 183 g/mol. The highest BCUT2D eigenvalue weighted by Gasteiger charge is 1.97. The van der Waals surface area contributed by atoms with Crippen molar-refractivity contribution in [3.63, 3.8) is 0 Å². The minimum atomic E-state index is -0.422. The molecule has 1 amide bonds. The maximum Gasteiger partial charge on any atom is 0.407 e. The third kappa shape index (κ3) is 8.74. The predicted molar refractivity (Wildman–Crippen MR) is 52.3 cm³/mol. The number of nitrogens with one attached hydrogen (secondary N) is 1. The summed E-state index contributed by atoms with van der Waals surface area (Å²) in [4.78, 5) is 10.8. The number of amides is 1. The normalized spacial score (nSPS) is 8.92. The quantitative estimate of drug-likeness (QED) is 0.504. The highest BCUT2D eigenvalue weighted by atomic mass is 16.5. The van der Waals surface area contributed by atoms with Crippen LogP contribution in [0.15, 0.2) is 0 Å². The Balaban J connectivity index is 3.13. The van der Waals surface area contributed by atoms with Crippen molar-refractivity contribution in [3.8, 4) is 12.3 Å². The van der Waals surface area contributed by atoms with Gasteiger partial charge in [-0.1, -0.05) is 32.1 Å². The van der Waals surface area contributed by atoms with E-state index in [1.807, 2.05) is 0 Å². The van der Waals surface area contributed by atoms with Gasteiger partial charge in [0.25, 0.3) is 0 Å². The van der Waals surface area contributed by atoms with Gasteiger partial charge in [-0.25, -0.2) is 4.79 Å². The molecule has 0 aliphatic heterocycles. The van der Waals surface area contributed by atoms with Crippen LogP contribution in [0.2, 0.25) is 0 Å². The molecule has 0 aromatic rings. The van der Waals surface area contributed by atoms with Gasteiger partial charge >= 0.3 is 6.09 Å². The standard InChI is InChI=1S/C10H17NO2/c1-3-5-6-7-9-13-10(12)11-8-4-2/h2H,3,5-9H2,1H3,(H,11,12). The van der Waals surface area contributed by atoms with E-state index in [4.69, 9.17) is 11.2 Å². The molecule has 0 aromatic heterocycles. The number of terminal acetylenes is 1. The summed E-state index contributed by atoms with van der Waals surface area (Å²) in [5.41, 5.74) is 0. The largest absolute Gasteiger partial charge is 0.450 e. The van der Waals surface area contributed by atoms with E-state index in [-0.39, 0.29) is 6.54 Å². The van der Waals surface area contributed by atoms with Gasteiger partial charge in [-0.05, 0) is 6.42 Å². The molecular formula is C10H17NO2. The van der Waals surface area contributed by atoms with E-state index < -0.39 is 6.09 Å². The predicted octanol–water partition coefficient (Wildman–Crippen LogP) is 1.93. The molecule has 0 aliphatic rings. The van der Waals surface area contributed by atoms with Crippen LogP contribution in [0.3, 0.4) is 0 Å². The Hall–Kier alpha value is -1.17. The smallest absolute Gasteiger partial charge is 0.407 e. The van der Waals surface area contributed by atoms with Crippen LogP contribution in [0.25, 0.3) is 0 Å². The summed E-state index contributed by atoms with van der Waals surface area (Å²) in [6.07, 6.45) is 8.94. The van der Waals surface area contributed by atoms with Crippen LogP contribution >= 0.6 is 0 Å². The molecule has 1 N–H and O–H groups in total. The highest BCUT2D eigenvalue weighted by molar-refractivity contribution is 5.67. The lowest BCUT2D eigenvalue weighted by atomic mass is 10.2. The van der Waals surface area contributed by atoms with Crippen molar-refractivity contribution >= 4 is 6.09 Å². The van der Waals surface area contributed by atoms with Gasteiger partial charge in [0.1, 0.15) is 0 Å². The number of carbonyl (C=O) groups is 1. The van der Waals surface area contributed by atoms with E-state index in [0.29, 0.717) is 6.61 Å². The van der Waals surface area contributed by atoms with Gasteiger partial charge in [0.05, 0.1) is 13.2 Å². The molecule has 0 spiro atoms. The maximum absolute atomic E-state index is 10.8. The number of alkyl carbamates (subject to hydrolysis) is 1. The first-order valence-corrected chi connectivity index (χ1v) is 4.65. The van der Waals surface area contributed by atoms with Crippen molar-refractivity contribution < 1.29 is 9.53 Å². The number of hydrogen-bond acceptors (Lipinski definition) is 2. The Bertz CT molecular complexity index is 172. The Kier molecular flexibility index (Phi) is 8.12. The molecule has 0 rings (SSSR count). The summed E-state index contributed by atoms with van der Waals surface area (Å²) in [7, 11) is 0. The molecule has 0 heterocycles. The van der Waals surface area contributed by atoms with Gasteiger partial charge in [-0.2, -0.15) is 0 Å². The average Bonchev–Trinajstić information content (AvgIpc) is 2.14. The molecule has 0 saturated carbocycles. The number of carbonyl (C=O) groups excluding carboxylic acids is 1. The fourth-order valence-electron chi connectivity index (χ4n) is 0.868. The second-order valence-corrected chi connectivity index (χ2v) is 2.75. The number of ether oxygens (including phenoxy) is 1. The van der Waals surface area contributed by atoms with Gasteiger partial charge in [0, 0.05) is 0 Å². The van der Waals surface area contributed by atoms with Crippen LogP contribution in [0.1, 0.15) is 32.6 Å². The molecule has 0 saturated heterocycles. The molecule has 0 unspecified atom stereocenters. The molecule has 0 atom stereocenters. The van der Waals surface area contributed by atoms with Crippen molar-refractivity contribution in [1.29, 1.82) is 0 Å². The Morgan fingerprint density at radius 1 is 1.46 bits per heavy atom. The molecule has 0 aliphatic carbocycles. The fraction of sp³-hybridized carbons (Fsp3) is 0.700. The zero-order valence-electron chi connectivity index (χ0n) is 8.14. The number of rotatable bonds is 6. The van der Waals surface area contributed by atoms with Crippen LogP contribution in [0.5, 0.6) is 0 Å². The van der Waals surface area contributed by atoms with Gasteiger partial charge in [0.15, 0.2) is 0 Å². The Morgan fingerprint density at radius 2 is 2.23 bits per heavy atom. The second kappa shape index (κ2) is 8.92. The van der Waals surface area contributed by atoms with Crippen molar-refractivity contribution in [3.05, 3.63) is 0 Å². The van der Waals surface area contributed by atoms with E-state index in [9.17, 15) is 4.79 Å². The topological polar surface area (TPSA) is 38.3 Å². The lowest BCUT2D eigenvalue weighted by molar-refractivity contribution is 0.145. The summed E-state index contributed by atoms with van der Waals surface area (Å²) in [6, 6.07) is 0. The minimum absolute atomic E-state index is 0.230. The summed E-state index contributed by atoms with van der Waals surface area (Å²) in [5.74, 6) is 2.30. The molecule has 3 nitrogen and oxygen atoms in total. The second-order valence-electron chi connectivity index (χ2n) is 2.75. The number of hydrogen-bond donors (Lipinski definition) is 1. The van der Waals surface area contributed by atoms with Crippen LogP contribution in [0.4, 0.5) is 4.79 Å². The van der Waals surface area contributed by atoms with Crippen molar-refractivity contribution in [1.82, 2.24) is 5.32 Å². The zero-order chi connectivity index (χ0) is 9.94. The first-order chi connectivity index (χ1) is 6.31. The molecule has 0 aromatic carbocycles. The van der Waals surface area contributed by atoms with Crippen LogP contribution in [-0.4, -0.2) is 19.2 Å². The summed E-state index contributed by atoms with van der Waals surface area (Å²) in [5, 5.41) is 2.43. The summed E-state index contributed by atoms with van der Waals surface area (Å²) < 4.78 is 4.85. The van der Waals surface area contributed by atoms with Gasteiger partial charge in [0.2, 0.25) is 0 Å². The van der Waals surface area contributed by atoms with Crippen molar-refractivity contribution in [2.45, 2.75) is 32.6 Å². The Labute approximate surface area is 79.8 Å². The van der Waals surface area contributed by atoms with Crippen LogP contribution < -0.4 is 5.32 Å². The molecule has 0 fully saturated rings. The first kappa shape index (κ1) is 11.8. The Morgan fingerprint density at radius 3 is 2.85 bits per heavy atom. The summed E-state index contributed by atoms with van der Waals surface area (Å²) >= 11 is 0. The molecule has 3 heteroatoms. The third-order valence-electron chi connectivity index (χ3n) is 1.57. The summed E-state index contributed by atoms with van der Waals surface area (Å²) in [6.45, 7) is 2.85. The lowest BCUT2D eigenvalue weighted by Gasteiger charge is -2.03. The van der Waals surface area contributed by atoms with E-state index in [0.717, 1.165) is 12.8 Å². The van der Waals surface area contributed by atoms with Crippen molar-refractivity contribution in [2.75, 3.05) is 13.2 Å². The van der Waals surface area contributed by atoms with E-state index in [1.54, 1.807) is 0 Å². The maximum atomic E-state index is 10.8. The zero-order valence-corrected chi connectivity index (χ0v) is 8.14. The number of unbranched alkanes of at least 4 members (excludes halogenated alkanes) is 3. The average molecular weight is 183 g/mol. The van der Waals surface area contributed by atoms with Crippen LogP contribution in [0, 0.1) is 12.3 Å². The third-order valence-corrected chi connectivity index (χ3v) is 1.57. The molecule has 13 heavy (non-hydrogen) atoms. The van der Waals surface area contributed by atoms with Gasteiger partial charge < -0.3 is 10.1 Å². The van der Waals surface area contributed by atoms with Gasteiger partial charge in [-0.15, -0.1) is 6.42 Å².